The van der Waals surface area contributed by atoms with Crippen LogP contribution < -0.4 is 5.73 Å². The standard InChI is InChI=1S/C10H17IN4O/c1-15(2)5-4-8-13-7(6-16-3)9(11)10(12)14-8/h4-6H2,1-3H3,(H2,12,13,14). The average Bonchev–Trinajstić information content (AvgIpc) is 2.22. The molecule has 5 nitrogen and oxygen atoms in total. The first-order valence-corrected chi connectivity index (χ1v) is 6.07. The number of hydrogen-bond donors (Lipinski definition) is 1. The Bertz CT molecular complexity index is 357. The van der Waals surface area contributed by atoms with Crippen LogP contribution >= 0.6 is 22.6 Å². The summed E-state index contributed by atoms with van der Waals surface area (Å²) in [5, 5.41) is 0. The summed E-state index contributed by atoms with van der Waals surface area (Å²) in [6, 6.07) is 0. The van der Waals surface area contributed by atoms with Crippen molar-refractivity contribution in [2.24, 2.45) is 0 Å². The molecule has 0 unspecified atom stereocenters. The molecule has 1 aromatic rings. The SMILES string of the molecule is COCc1nc(CCN(C)C)nc(N)c1I. The van der Waals surface area contributed by atoms with Crippen LogP contribution in [0.5, 0.6) is 0 Å². The molecule has 0 saturated carbocycles. The molecule has 1 rings (SSSR count). The molecule has 0 spiro atoms. The van der Waals surface area contributed by atoms with E-state index in [1.807, 2.05) is 14.1 Å². The molecule has 0 atom stereocenters. The van der Waals surface area contributed by atoms with Crippen LogP contribution in [0.2, 0.25) is 0 Å². The first-order chi connectivity index (χ1) is 7.54. The molecule has 90 valence electrons. The van der Waals surface area contributed by atoms with Gasteiger partial charge in [-0.1, -0.05) is 0 Å². The van der Waals surface area contributed by atoms with Crippen molar-refractivity contribution >= 4 is 28.4 Å². The summed E-state index contributed by atoms with van der Waals surface area (Å²) >= 11 is 2.15. The fourth-order valence-electron chi connectivity index (χ4n) is 1.23. The number of likely N-dealkylation sites (N-methyl/N-ethyl adjacent to an activating group) is 1. The molecule has 0 radical (unpaired) electrons. The van der Waals surface area contributed by atoms with Gasteiger partial charge in [0.25, 0.3) is 0 Å². The second kappa shape index (κ2) is 6.31. The van der Waals surface area contributed by atoms with Crippen LogP contribution in [0.4, 0.5) is 5.82 Å². The maximum atomic E-state index is 5.83. The van der Waals surface area contributed by atoms with Crippen LogP contribution in [-0.2, 0) is 17.8 Å². The summed E-state index contributed by atoms with van der Waals surface area (Å²) in [6.45, 7) is 1.38. The van der Waals surface area contributed by atoms with Crippen molar-refractivity contribution < 1.29 is 4.74 Å². The Labute approximate surface area is 110 Å². The Kier molecular flexibility index (Phi) is 5.36. The third kappa shape index (κ3) is 3.84. The molecular weight excluding hydrogens is 319 g/mol. The lowest BCUT2D eigenvalue weighted by Gasteiger charge is -2.11. The largest absolute Gasteiger partial charge is 0.383 e. The van der Waals surface area contributed by atoms with Gasteiger partial charge in [0.1, 0.15) is 11.6 Å². The molecule has 0 aliphatic rings. The second-order valence-electron chi connectivity index (χ2n) is 3.77. The lowest BCUT2D eigenvalue weighted by Crippen LogP contribution is -2.17. The van der Waals surface area contributed by atoms with Gasteiger partial charge in [0.2, 0.25) is 0 Å². The third-order valence-electron chi connectivity index (χ3n) is 2.06. The quantitative estimate of drug-likeness (QED) is 0.810. The fourth-order valence-corrected chi connectivity index (χ4v) is 1.63. The van der Waals surface area contributed by atoms with Crippen LogP contribution in [0.15, 0.2) is 0 Å². The number of ether oxygens (including phenoxy) is 1. The zero-order chi connectivity index (χ0) is 12.1. The average molecular weight is 336 g/mol. The van der Waals surface area contributed by atoms with Crippen molar-refractivity contribution in [3.05, 3.63) is 15.1 Å². The number of hydrogen-bond acceptors (Lipinski definition) is 5. The van der Waals surface area contributed by atoms with Crippen molar-refractivity contribution in [3.8, 4) is 0 Å². The summed E-state index contributed by atoms with van der Waals surface area (Å²) in [5.74, 6) is 1.31. The van der Waals surface area contributed by atoms with E-state index in [0.717, 1.165) is 28.1 Å². The Morgan fingerprint density at radius 1 is 1.38 bits per heavy atom. The number of nitrogens with zero attached hydrogens (tertiary/aromatic N) is 3. The minimum absolute atomic E-state index is 0.472. The van der Waals surface area contributed by atoms with E-state index in [0.29, 0.717) is 12.4 Å². The molecule has 1 aromatic heterocycles. The third-order valence-corrected chi connectivity index (χ3v) is 3.23. The molecule has 0 fully saturated rings. The highest BCUT2D eigenvalue weighted by Gasteiger charge is 2.09. The number of aromatic nitrogens is 2. The molecule has 1 heterocycles. The molecule has 0 saturated heterocycles. The van der Waals surface area contributed by atoms with Crippen molar-refractivity contribution in [1.29, 1.82) is 0 Å². The van der Waals surface area contributed by atoms with Gasteiger partial charge >= 0.3 is 0 Å². The van der Waals surface area contributed by atoms with Gasteiger partial charge in [-0.3, -0.25) is 0 Å². The number of rotatable bonds is 5. The number of anilines is 1. The van der Waals surface area contributed by atoms with E-state index in [-0.39, 0.29) is 0 Å². The maximum absolute atomic E-state index is 5.83. The molecule has 0 aliphatic heterocycles. The highest BCUT2D eigenvalue weighted by Crippen LogP contribution is 2.17. The minimum Gasteiger partial charge on any atom is -0.383 e. The predicted molar refractivity (Wildman–Crippen MR) is 72.1 cm³/mol. The number of nitrogen functional groups attached to an aromatic ring is 1. The fraction of sp³-hybridized carbons (Fsp3) is 0.600. The number of methoxy groups -OCH3 is 1. The van der Waals surface area contributed by atoms with Crippen LogP contribution in [0.25, 0.3) is 0 Å². The van der Waals surface area contributed by atoms with Gasteiger partial charge in [-0.05, 0) is 36.7 Å². The zero-order valence-electron chi connectivity index (χ0n) is 9.83. The van der Waals surface area contributed by atoms with Crippen LogP contribution in [0.3, 0.4) is 0 Å². The van der Waals surface area contributed by atoms with E-state index in [1.165, 1.54) is 0 Å². The number of halogens is 1. The van der Waals surface area contributed by atoms with E-state index in [9.17, 15) is 0 Å². The Morgan fingerprint density at radius 2 is 2.06 bits per heavy atom. The summed E-state index contributed by atoms with van der Waals surface area (Å²) in [6.07, 6.45) is 0.796. The predicted octanol–water partition coefficient (Wildman–Crippen LogP) is 0.914. The highest BCUT2D eigenvalue weighted by molar-refractivity contribution is 14.1. The maximum Gasteiger partial charge on any atom is 0.140 e. The first kappa shape index (κ1) is 13.6. The number of nitrogens with two attached hydrogens (primary N) is 1. The zero-order valence-corrected chi connectivity index (χ0v) is 12.0. The summed E-state index contributed by atoms with van der Waals surface area (Å²) < 4.78 is 5.97. The van der Waals surface area contributed by atoms with E-state index < -0.39 is 0 Å². The Morgan fingerprint density at radius 3 is 2.62 bits per heavy atom. The lowest BCUT2D eigenvalue weighted by atomic mass is 10.3. The molecule has 0 aromatic carbocycles. The molecule has 6 heteroatoms. The van der Waals surface area contributed by atoms with Crippen molar-refractivity contribution in [2.75, 3.05) is 33.5 Å². The normalized spacial score (nSPS) is 11.1. The van der Waals surface area contributed by atoms with Gasteiger partial charge in [-0.15, -0.1) is 0 Å². The summed E-state index contributed by atoms with van der Waals surface area (Å²) in [5.41, 5.74) is 6.70. The van der Waals surface area contributed by atoms with Gasteiger partial charge in [0, 0.05) is 20.1 Å². The van der Waals surface area contributed by atoms with Crippen molar-refractivity contribution in [2.45, 2.75) is 13.0 Å². The van der Waals surface area contributed by atoms with E-state index in [2.05, 4.69) is 37.5 Å². The van der Waals surface area contributed by atoms with Gasteiger partial charge in [-0.2, -0.15) is 0 Å². The Hall–Kier alpha value is -0.470. The van der Waals surface area contributed by atoms with E-state index in [1.54, 1.807) is 7.11 Å². The first-order valence-electron chi connectivity index (χ1n) is 4.99. The van der Waals surface area contributed by atoms with Crippen LogP contribution in [-0.4, -0.2) is 42.6 Å². The van der Waals surface area contributed by atoms with Crippen molar-refractivity contribution in [1.82, 2.24) is 14.9 Å². The van der Waals surface area contributed by atoms with Crippen molar-refractivity contribution in [3.63, 3.8) is 0 Å². The van der Waals surface area contributed by atoms with Crippen LogP contribution in [0.1, 0.15) is 11.5 Å². The highest BCUT2D eigenvalue weighted by atomic mass is 127. The minimum atomic E-state index is 0.472. The topological polar surface area (TPSA) is 64.3 Å². The second-order valence-corrected chi connectivity index (χ2v) is 4.85. The smallest absolute Gasteiger partial charge is 0.140 e. The molecular formula is C10H17IN4O. The van der Waals surface area contributed by atoms with E-state index >= 15 is 0 Å². The molecule has 0 amide bonds. The van der Waals surface area contributed by atoms with E-state index in [4.69, 9.17) is 10.5 Å². The molecule has 2 N–H and O–H groups in total. The van der Waals surface area contributed by atoms with Gasteiger partial charge in [0.05, 0.1) is 15.9 Å². The van der Waals surface area contributed by atoms with Crippen LogP contribution in [0, 0.1) is 3.57 Å². The summed E-state index contributed by atoms with van der Waals surface area (Å²) in [7, 11) is 5.69. The Balaban J connectivity index is 2.86. The van der Waals surface area contributed by atoms with Gasteiger partial charge in [-0.25, -0.2) is 9.97 Å². The molecule has 16 heavy (non-hydrogen) atoms. The van der Waals surface area contributed by atoms with Gasteiger partial charge in [0.15, 0.2) is 0 Å². The molecule has 0 aliphatic carbocycles. The van der Waals surface area contributed by atoms with Gasteiger partial charge < -0.3 is 15.4 Å². The lowest BCUT2D eigenvalue weighted by molar-refractivity contribution is 0.180. The summed E-state index contributed by atoms with van der Waals surface area (Å²) in [4.78, 5) is 10.8. The monoisotopic (exact) mass is 336 g/mol. The molecule has 0 bridgehead atoms.